The van der Waals surface area contributed by atoms with E-state index in [-0.39, 0.29) is 5.69 Å². The summed E-state index contributed by atoms with van der Waals surface area (Å²) in [6.07, 6.45) is 0. The van der Waals surface area contributed by atoms with E-state index in [9.17, 15) is 4.79 Å². The van der Waals surface area contributed by atoms with Gasteiger partial charge in [0.05, 0.1) is 33.0 Å². The van der Waals surface area contributed by atoms with Gasteiger partial charge in [0, 0.05) is 13.1 Å². The maximum absolute atomic E-state index is 12.6. The van der Waals surface area contributed by atoms with Crippen LogP contribution in [0.3, 0.4) is 0 Å². The van der Waals surface area contributed by atoms with Crippen LogP contribution < -0.4 is 5.69 Å². The van der Waals surface area contributed by atoms with E-state index in [1.54, 1.807) is 0 Å². The van der Waals surface area contributed by atoms with Crippen LogP contribution in [0.15, 0.2) is 65.5 Å². The summed E-state index contributed by atoms with van der Waals surface area (Å²) in [4.78, 5) is 17.6. The summed E-state index contributed by atoms with van der Waals surface area (Å²) in [6.45, 7) is 4.25. The minimum Gasteiger partial charge on any atom is -0.379 e. The van der Waals surface area contributed by atoms with E-state index < -0.39 is 8.53 Å². The summed E-state index contributed by atoms with van der Waals surface area (Å²) >= 11 is 0. The molecule has 0 amide bonds. The lowest BCUT2D eigenvalue weighted by molar-refractivity contribution is 0.0330. The average molecular weight is 428 g/mol. The number of benzene rings is 2. The van der Waals surface area contributed by atoms with Crippen molar-refractivity contribution in [2.24, 2.45) is 0 Å². The van der Waals surface area contributed by atoms with Crippen LogP contribution in [0.5, 0.6) is 0 Å². The Morgan fingerprint density at radius 3 is 2.07 bits per heavy atom. The molecule has 1 aromatic heterocycles. The van der Waals surface area contributed by atoms with Gasteiger partial charge in [0.1, 0.15) is 5.82 Å². The quantitative estimate of drug-likeness (QED) is 0.528. The highest BCUT2D eigenvalue weighted by Crippen LogP contribution is 2.39. The molecule has 0 bridgehead atoms. The molecule has 0 spiro atoms. The zero-order chi connectivity index (χ0) is 20.6. The standard InChI is InChI=1S/C21H25N4O4P/c26-21-22-20(15-24-11-13-27-14-12-24)23-25(21)30(28-16-18-7-3-1-4-8-18)29-17-19-9-5-2-6-10-19/h1-10H,11-17H2,(H,22,23,26). The average Bonchev–Trinajstić information content (AvgIpc) is 3.15. The maximum atomic E-state index is 12.6. The van der Waals surface area contributed by atoms with E-state index >= 15 is 0 Å². The van der Waals surface area contributed by atoms with Crippen molar-refractivity contribution in [3.63, 3.8) is 0 Å². The summed E-state index contributed by atoms with van der Waals surface area (Å²) in [5.41, 5.74) is 1.68. The van der Waals surface area contributed by atoms with Gasteiger partial charge in [-0.15, -0.1) is 9.55 Å². The molecule has 0 aliphatic carbocycles. The molecule has 30 heavy (non-hydrogen) atoms. The van der Waals surface area contributed by atoms with E-state index in [0.717, 1.165) is 24.2 Å². The third-order valence-corrected chi connectivity index (χ3v) is 5.93. The fourth-order valence-electron chi connectivity index (χ4n) is 3.07. The van der Waals surface area contributed by atoms with Crippen molar-refractivity contribution >= 4 is 8.53 Å². The third kappa shape index (κ3) is 5.84. The Balaban J connectivity index is 1.47. The van der Waals surface area contributed by atoms with Gasteiger partial charge in [-0.1, -0.05) is 60.7 Å². The summed E-state index contributed by atoms with van der Waals surface area (Å²) < 4.78 is 18.7. The lowest BCUT2D eigenvalue weighted by Crippen LogP contribution is -2.36. The van der Waals surface area contributed by atoms with Crippen LogP contribution in [0, 0.1) is 0 Å². The molecule has 1 saturated heterocycles. The molecule has 0 unspecified atom stereocenters. The van der Waals surface area contributed by atoms with Gasteiger partial charge >= 0.3 is 14.2 Å². The second-order valence-electron chi connectivity index (χ2n) is 6.91. The number of nitrogens with zero attached hydrogens (tertiary/aromatic N) is 3. The molecule has 2 heterocycles. The molecule has 3 aromatic rings. The SMILES string of the molecule is O=c1[nH]c(CN2CCOCC2)nn1P(OCc1ccccc1)OCc1ccccc1. The molecule has 0 radical (unpaired) electrons. The molecule has 158 valence electrons. The fraction of sp³-hybridized carbons (Fsp3) is 0.333. The van der Waals surface area contributed by atoms with Gasteiger partial charge in [0.2, 0.25) is 0 Å². The Labute approximate surface area is 176 Å². The Kier molecular flexibility index (Phi) is 7.39. The largest absolute Gasteiger partial charge is 0.379 e. The highest BCUT2D eigenvalue weighted by Gasteiger charge is 2.22. The van der Waals surface area contributed by atoms with Crippen molar-refractivity contribution in [2.75, 3.05) is 26.3 Å². The van der Waals surface area contributed by atoms with Crippen LogP contribution in [0.2, 0.25) is 0 Å². The molecule has 1 fully saturated rings. The molecule has 1 aliphatic heterocycles. The third-order valence-electron chi connectivity index (χ3n) is 4.65. The zero-order valence-electron chi connectivity index (χ0n) is 16.6. The first-order chi connectivity index (χ1) is 14.8. The molecule has 2 aromatic carbocycles. The van der Waals surface area contributed by atoms with Crippen molar-refractivity contribution in [3.8, 4) is 0 Å². The normalized spacial score (nSPS) is 15.0. The maximum Gasteiger partial charge on any atom is 0.350 e. The molecule has 0 atom stereocenters. The molecule has 9 heteroatoms. The first-order valence-corrected chi connectivity index (χ1v) is 11.0. The fourth-order valence-corrected chi connectivity index (χ4v) is 4.26. The number of hydrogen-bond acceptors (Lipinski definition) is 6. The predicted octanol–water partition coefficient (Wildman–Crippen LogP) is 2.91. The molecule has 0 saturated carbocycles. The summed E-state index contributed by atoms with van der Waals surface area (Å²) in [6, 6.07) is 19.6. The van der Waals surface area contributed by atoms with Crippen LogP contribution in [-0.4, -0.2) is 45.7 Å². The smallest absolute Gasteiger partial charge is 0.350 e. The molecular formula is C21H25N4O4P. The minimum absolute atomic E-state index is 0.328. The van der Waals surface area contributed by atoms with Crippen LogP contribution in [0.4, 0.5) is 0 Å². The van der Waals surface area contributed by atoms with Gasteiger partial charge in [-0.25, -0.2) is 4.79 Å². The Morgan fingerprint density at radius 2 is 1.50 bits per heavy atom. The number of morpholine rings is 1. The zero-order valence-corrected chi connectivity index (χ0v) is 17.5. The summed E-state index contributed by atoms with van der Waals surface area (Å²) in [5, 5.41) is 4.47. The predicted molar refractivity (Wildman–Crippen MR) is 114 cm³/mol. The lowest BCUT2D eigenvalue weighted by Gasteiger charge is -2.25. The van der Waals surface area contributed by atoms with Crippen molar-refractivity contribution < 1.29 is 13.8 Å². The second-order valence-corrected chi connectivity index (χ2v) is 8.28. The number of nitrogens with one attached hydrogen (secondary N) is 1. The van der Waals surface area contributed by atoms with Crippen molar-refractivity contribution in [3.05, 3.63) is 88.1 Å². The molecule has 8 nitrogen and oxygen atoms in total. The Hall–Kier alpha value is -2.35. The van der Waals surface area contributed by atoms with Crippen LogP contribution in [-0.2, 0) is 33.5 Å². The first kappa shape index (κ1) is 20.9. The number of aromatic amines is 1. The van der Waals surface area contributed by atoms with E-state index in [4.69, 9.17) is 13.8 Å². The van der Waals surface area contributed by atoms with Gasteiger partial charge in [0.25, 0.3) is 0 Å². The Morgan fingerprint density at radius 1 is 0.933 bits per heavy atom. The van der Waals surface area contributed by atoms with Gasteiger partial charge in [-0.2, -0.15) is 0 Å². The summed E-state index contributed by atoms with van der Waals surface area (Å²) in [7, 11) is -1.71. The summed E-state index contributed by atoms with van der Waals surface area (Å²) in [5.74, 6) is 0.598. The molecule has 1 aliphatic rings. The van der Waals surface area contributed by atoms with E-state index in [1.807, 2.05) is 60.7 Å². The number of H-pyrrole nitrogens is 1. The first-order valence-electron chi connectivity index (χ1n) is 9.90. The van der Waals surface area contributed by atoms with Gasteiger partial charge in [-0.3, -0.25) is 9.88 Å². The van der Waals surface area contributed by atoms with Crippen LogP contribution >= 0.6 is 8.53 Å². The van der Waals surface area contributed by atoms with Crippen LogP contribution in [0.1, 0.15) is 17.0 Å². The topological polar surface area (TPSA) is 81.6 Å². The van der Waals surface area contributed by atoms with Crippen molar-refractivity contribution in [2.45, 2.75) is 19.8 Å². The highest BCUT2D eigenvalue weighted by atomic mass is 31.2. The minimum atomic E-state index is -1.71. The Bertz CT molecular complexity index is 914. The molecule has 4 rings (SSSR count). The van der Waals surface area contributed by atoms with Crippen molar-refractivity contribution in [1.29, 1.82) is 0 Å². The lowest BCUT2D eigenvalue weighted by atomic mass is 10.2. The monoisotopic (exact) mass is 428 g/mol. The number of aromatic nitrogens is 3. The van der Waals surface area contributed by atoms with E-state index in [1.165, 1.54) is 4.45 Å². The van der Waals surface area contributed by atoms with Crippen LogP contribution in [0.25, 0.3) is 0 Å². The number of hydrogen-bond donors (Lipinski definition) is 1. The van der Waals surface area contributed by atoms with Crippen molar-refractivity contribution in [1.82, 2.24) is 19.4 Å². The van der Waals surface area contributed by atoms with Gasteiger partial charge in [0.15, 0.2) is 0 Å². The molecule has 1 N–H and O–H groups in total. The van der Waals surface area contributed by atoms with Gasteiger partial charge < -0.3 is 13.8 Å². The highest BCUT2D eigenvalue weighted by molar-refractivity contribution is 7.45. The number of ether oxygens (including phenoxy) is 1. The van der Waals surface area contributed by atoms with E-state index in [2.05, 4.69) is 15.0 Å². The number of rotatable bonds is 9. The van der Waals surface area contributed by atoms with Gasteiger partial charge in [-0.05, 0) is 11.1 Å². The molecular weight excluding hydrogens is 403 g/mol. The van der Waals surface area contributed by atoms with E-state index in [0.29, 0.717) is 38.8 Å². The second kappa shape index (κ2) is 10.6.